The number of aromatic nitrogens is 3. The maximum Gasteiger partial charge on any atom is 0.232 e. The summed E-state index contributed by atoms with van der Waals surface area (Å²) in [5.74, 6) is 0.504. The largest absolute Gasteiger partial charge is 0.341 e. The molecule has 0 radical (unpaired) electrons. The van der Waals surface area contributed by atoms with Gasteiger partial charge in [-0.05, 0) is 38.1 Å². The van der Waals surface area contributed by atoms with Crippen LogP contribution in [0.2, 0.25) is 0 Å². The van der Waals surface area contributed by atoms with Gasteiger partial charge in [-0.1, -0.05) is 18.2 Å². The van der Waals surface area contributed by atoms with Crippen LogP contribution in [-0.2, 0) is 11.3 Å². The summed E-state index contributed by atoms with van der Waals surface area (Å²) in [4.78, 5) is 19.3. The van der Waals surface area contributed by atoms with E-state index in [9.17, 15) is 4.79 Å². The Balaban J connectivity index is 1.68. The van der Waals surface area contributed by atoms with Gasteiger partial charge in [0.1, 0.15) is 0 Å². The molecule has 6 heteroatoms. The Kier molecular flexibility index (Phi) is 5.73. The van der Waals surface area contributed by atoms with Crippen LogP contribution in [0.5, 0.6) is 0 Å². The number of hydrogen-bond donors (Lipinski definition) is 0. The number of rotatable bonds is 6. The van der Waals surface area contributed by atoms with E-state index in [4.69, 9.17) is 0 Å². The van der Waals surface area contributed by atoms with E-state index in [1.165, 1.54) is 11.8 Å². The minimum Gasteiger partial charge on any atom is -0.341 e. The van der Waals surface area contributed by atoms with Crippen molar-refractivity contribution in [2.75, 3.05) is 12.8 Å². The topological polar surface area (TPSA) is 51.0 Å². The van der Waals surface area contributed by atoms with Crippen molar-refractivity contribution in [2.24, 2.45) is 0 Å². The van der Waals surface area contributed by atoms with Gasteiger partial charge in [0.25, 0.3) is 0 Å². The zero-order valence-electron chi connectivity index (χ0n) is 15.2. The number of benzene rings is 1. The molecule has 3 rings (SSSR count). The van der Waals surface area contributed by atoms with Crippen LogP contribution in [0.25, 0.3) is 5.69 Å². The SMILES string of the molecule is Cc1nn(-c2ccccc2)c(C)c1CN(C)C(=O)CSc1ccncc1. The number of hydrogen-bond acceptors (Lipinski definition) is 4. The van der Waals surface area contributed by atoms with E-state index in [1.807, 2.05) is 68.0 Å². The van der Waals surface area contributed by atoms with Crippen molar-refractivity contribution in [1.82, 2.24) is 19.7 Å². The molecule has 1 amide bonds. The van der Waals surface area contributed by atoms with Gasteiger partial charge < -0.3 is 4.90 Å². The van der Waals surface area contributed by atoms with E-state index in [-0.39, 0.29) is 5.91 Å². The van der Waals surface area contributed by atoms with Crippen molar-refractivity contribution >= 4 is 17.7 Å². The van der Waals surface area contributed by atoms with E-state index in [0.717, 1.165) is 27.5 Å². The molecule has 2 heterocycles. The Bertz CT molecular complexity index is 878. The lowest BCUT2D eigenvalue weighted by molar-refractivity contribution is -0.127. The number of para-hydroxylation sites is 1. The number of pyridine rings is 1. The number of amides is 1. The maximum absolute atomic E-state index is 12.5. The van der Waals surface area contributed by atoms with Gasteiger partial charge in [0.05, 0.1) is 17.1 Å². The maximum atomic E-state index is 12.5. The van der Waals surface area contributed by atoms with E-state index >= 15 is 0 Å². The Hall–Kier alpha value is -2.60. The van der Waals surface area contributed by atoms with Gasteiger partial charge in [-0.15, -0.1) is 11.8 Å². The molecule has 1 aromatic carbocycles. The summed E-state index contributed by atoms with van der Waals surface area (Å²) in [6.45, 7) is 4.60. The molecule has 0 saturated carbocycles. The van der Waals surface area contributed by atoms with Crippen molar-refractivity contribution in [3.8, 4) is 5.69 Å². The fraction of sp³-hybridized carbons (Fsp3) is 0.250. The predicted molar refractivity (Wildman–Crippen MR) is 104 cm³/mol. The first kappa shape index (κ1) is 18.2. The average molecular weight is 366 g/mol. The quantitative estimate of drug-likeness (QED) is 0.625. The van der Waals surface area contributed by atoms with Crippen molar-refractivity contribution in [3.05, 3.63) is 71.8 Å². The Morgan fingerprint density at radius 1 is 1.12 bits per heavy atom. The molecule has 0 aliphatic rings. The van der Waals surface area contributed by atoms with Crippen LogP contribution in [0.4, 0.5) is 0 Å². The molecule has 134 valence electrons. The number of aryl methyl sites for hydroxylation is 1. The Labute approximate surface area is 158 Å². The highest BCUT2D eigenvalue weighted by molar-refractivity contribution is 8.00. The van der Waals surface area contributed by atoms with Crippen LogP contribution >= 0.6 is 11.8 Å². The number of carbonyl (C=O) groups excluding carboxylic acids is 1. The molecule has 5 nitrogen and oxygen atoms in total. The molecule has 0 aliphatic carbocycles. The third-order valence-corrected chi connectivity index (χ3v) is 5.27. The lowest BCUT2D eigenvalue weighted by Crippen LogP contribution is -2.28. The second kappa shape index (κ2) is 8.19. The monoisotopic (exact) mass is 366 g/mol. The highest BCUT2D eigenvalue weighted by Crippen LogP contribution is 2.21. The summed E-state index contributed by atoms with van der Waals surface area (Å²) in [6.07, 6.45) is 3.47. The summed E-state index contributed by atoms with van der Waals surface area (Å²) in [5.41, 5.74) is 4.14. The molecule has 2 aromatic heterocycles. The second-order valence-electron chi connectivity index (χ2n) is 6.12. The zero-order valence-corrected chi connectivity index (χ0v) is 16.0. The lowest BCUT2D eigenvalue weighted by atomic mass is 10.2. The lowest BCUT2D eigenvalue weighted by Gasteiger charge is -2.17. The average Bonchev–Trinajstić information content (AvgIpc) is 2.95. The first-order chi connectivity index (χ1) is 12.6. The highest BCUT2D eigenvalue weighted by atomic mass is 32.2. The molecule has 0 unspecified atom stereocenters. The summed E-state index contributed by atoms with van der Waals surface area (Å²) in [5, 5.41) is 4.65. The van der Waals surface area contributed by atoms with Crippen molar-refractivity contribution in [1.29, 1.82) is 0 Å². The molecule has 0 spiro atoms. The number of carbonyl (C=O) groups is 1. The molecule has 0 saturated heterocycles. The summed E-state index contributed by atoms with van der Waals surface area (Å²) >= 11 is 1.53. The standard InChI is InChI=1S/C20H22N4OS/c1-15-19(16(2)24(22-15)17-7-5-4-6-8-17)13-23(3)20(25)14-26-18-9-11-21-12-10-18/h4-12H,13-14H2,1-3H3. The van der Waals surface area contributed by atoms with Crippen LogP contribution in [0, 0.1) is 13.8 Å². The van der Waals surface area contributed by atoms with Crippen molar-refractivity contribution in [3.63, 3.8) is 0 Å². The Morgan fingerprint density at radius 2 is 1.81 bits per heavy atom. The van der Waals surface area contributed by atoms with Gasteiger partial charge in [0.2, 0.25) is 5.91 Å². The molecule has 0 aliphatic heterocycles. The number of thioether (sulfide) groups is 1. The van der Waals surface area contributed by atoms with Gasteiger partial charge in [0.15, 0.2) is 0 Å². The zero-order chi connectivity index (χ0) is 18.5. The summed E-state index contributed by atoms with van der Waals surface area (Å²) in [6, 6.07) is 13.9. The molecule has 0 atom stereocenters. The van der Waals surface area contributed by atoms with Crippen LogP contribution in [0.15, 0.2) is 59.8 Å². The molecule has 0 bridgehead atoms. The van der Waals surface area contributed by atoms with E-state index < -0.39 is 0 Å². The number of nitrogens with zero attached hydrogens (tertiary/aromatic N) is 4. The first-order valence-electron chi connectivity index (χ1n) is 8.43. The molecule has 3 aromatic rings. The van der Waals surface area contributed by atoms with E-state index in [2.05, 4.69) is 10.1 Å². The molecular formula is C20H22N4OS. The minimum absolute atomic E-state index is 0.0954. The van der Waals surface area contributed by atoms with Gasteiger partial charge in [0, 0.05) is 42.1 Å². The van der Waals surface area contributed by atoms with Gasteiger partial charge in [-0.3, -0.25) is 9.78 Å². The first-order valence-corrected chi connectivity index (χ1v) is 9.42. The fourth-order valence-corrected chi connectivity index (χ4v) is 3.56. The van der Waals surface area contributed by atoms with E-state index in [1.54, 1.807) is 17.3 Å². The molecule has 26 heavy (non-hydrogen) atoms. The normalized spacial score (nSPS) is 10.7. The third-order valence-electron chi connectivity index (χ3n) is 4.28. The molecule has 0 fully saturated rings. The van der Waals surface area contributed by atoms with Crippen LogP contribution in [-0.4, -0.2) is 38.4 Å². The smallest absolute Gasteiger partial charge is 0.232 e. The molecular weight excluding hydrogens is 344 g/mol. The van der Waals surface area contributed by atoms with Crippen LogP contribution in [0.3, 0.4) is 0 Å². The predicted octanol–water partition coefficient (Wildman–Crippen LogP) is 3.63. The van der Waals surface area contributed by atoms with E-state index in [0.29, 0.717) is 12.3 Å². The van der Waals surface area contributed by atoms with Gasteiger partial charge >= 0.3 is 0 Å². The van der Waals surface area contributed by atoms with Crippen LogP contribution < -0.4 is 0 Å². The highest BCUT2D eigenvalue weighted by Gasteiger charge is 2.17. The Morgan fingerprint density at radius 3 is 2.50 bits per heavy atom. The van der Waals surface area contributed by atoms with Gasteiger partial charge in [-0.2, -0.15) is 5.10 Å². The summed E-state index contributed by atoms with van der Waals surface area (Å²) < 4.78 is 1.94. The second-order valence-corrected chi connectivity index (χ2v) is 7.17. The molecule has 0 N–H and O–H groups in total. The van der Waals surface area contributed by atoms with Crippen molar-refractivity contribution in [2.45, 2.75) is 25.3 Å². The van der Waals surface area contributed by atoms with Crippen molar-refractivity contribution < 1.29 is 4.79 Å². The fourth-order valence-electron chi connectivity index (χ4n) is 2.74. The third kappa shape index (κ3) is 4.14. The van der Waals surface area contributed by atoms with Gasteiger partial charge in [-0.25, -0.2) is 4.68 Å². The minimum atomic E-state index is 0.0954. The summed E-state index contributed by atoms with van der Waals surface area (Å²) in [7, 11) is 1.84. The van der Waals surface area contributed by atoms with Crippen LogP contribution in [0.1, 0.15) is 17.0 Å².